The van der Waals surface area contributed by atoms with Crippen molar-refractivity contribution in [2.24, 2.45) is 0 Å². The first-order valence-corrected chi connectivity index (χ1v) is 6.02. The smallest absolute Gasteiger partial charge is 0.145 e. The molecule has 1 aromatic carbocycles. The average Bonchev–Trinajstić information content (AvgIpc) is 2.31. The average molecular weight is 250 g/mol. The zero-order chi connectivity index (χ0) is 13.6. The zero-order valence-corrected chi connectivity index (χ0v) is 11.1. The molecule has 0 radical (unpaired) electrons. The molecular formula is C14H19FN2O. The molecule has 3 nitrogen and oxygen atoms in total. The number of halogens is 1. The molecule has 0 unspecified atom stereocenters. The molecule has 0 aliphatic heterocycles. The Morgan fingerprint density at radius 1 is 1.44 bits per heavy atom. The van der Waals surface area contributed by atoms with E-state index in [1.54, 1.807) is 12.1 Å². The summed E-state index contributed by atoms with van der Waals surface area (Å²) < 4.78 is 19.3. The molecule has 0 aliphatic rings. The minimum absolute atomic E-state index is 0.0818. The lowest BCUT2D eigenvalue weighted by Crippen LogP contribution is -2.37. The SMILES string of the molecule is CCOC(C)(C)CNCc1cccc(C#N)c1F. The molecule has 18 heavy (non-hydrogen) atoms. The third-order valence-corrected chi connectivity index (χ3v) is 2.60. The van der Waals surface area contributed by atoms with E-state index < -0.39 is 5.82 Å². The van der Waals surface area contributed by atoms with Gasteiger partial charge in [0.25, 0.3) is 0 Å². The van der Waals surface area contributed by atoms with Crippen molar-refractivity contribution in [2.75, 3.05) is 13.2 Å². The van der Waals surface area contributed by atoms with Crippen LogP contribution >= 0.6 is 0 Å². The number of ether oxygens (including phenoxy) is 1. The van der Waals surface area contributed by atoms with Crippen LogP contribution in [0.4, 0.5) is 4.39 Å². The van der Waals surface area contributed by atoms with E-state index >= 15 is 0 Å². The highest BCUT2D eigenvalue weighted by atomic mass is 19.1. The number of rotatable bonds is 6. The van der Waals surface area contributed by atoms with Crippen molar-refractivity contribution < 1.29 is 9.13 Å². The molecule has 4 heteroatoms. The molecule has 1 rings (SSSR count). The molecular weight excluding hydrogens is 231 g/mol. The second-order valence-corrected chi connectivity index (χ2v) is 4.69. The minimum Gasteiger partial charge on any atom is -0.375 e. The normalized spacial score (nSPS) is 11.3. The van der Waals surface area contributed by atoms with Gasteiger partial charge in [0, 0.05) is 25.3 Å². The summed E-state index contributed by atoms with van der Waals surface area (Å²) in [6, 6.07) is 6.67. The summed E-state index contributed by atoms with van der Waals surface area (Å²) in [5.74, 6) is -0.443. The van der Waals surface area contributed by atoms with Crippen molar-refractivity contribution in [3.8, 4) is 6.07 Å². The van der Waals surface area contributed by atoms with Crippen LogP contribution in [0, 0.1) is 17.1 Å². The van der Waals surface area contributed by atoms with Crippen molar-refractivity contribution in [2.45, 2.75) is 32.9 Å². The van der Waals surface area contributed by atoms with Gasteiger partial charge in [0.1, 0.15) is 11.9 Å². The summed E-state index contributed by atoms with van der Waals surface area (Å²) in [6.07, 6.45) is 0. The first kappa shape index (κ1) is 14.6. The molecule has 0 spiro atoms. The molecule has 0 fully saturated rings. The monoisotopic (exact) mass is 250 g/mol. The minimum atomic E-state index is -0.443. The predicted octanol–water partition coefficient (Wildman–Crippen LogP) is 2.60. The zero-order valence-electron chi connectivity index (χ0n) is 11.1. The highest BCUT2D eigenvalue weighted by Crippen LogP contribution is 2.12. The van der Waals surface area contributed by atoms with E-state index in [1.165, 1.54) is 6.07 Å². The van der Waals surface area contributed by atoms with Crippen LogP contribution in [0.15, 0.2) is 18.2 Å². The van der Waals surface area contributed by atoms with Crippen LogP contribution in [0.1, 0.15) is 31.9 Å². The maximum Gasteiger partial charge on any atom is 0.145 e. The Bertz CT molecular complexity index is 438. The molecule has 0 atom stereocenters. The Kier molecular flexibility index (Phi) is 5.26. The van der Waals surface area contributed by atoms with Crippen molar-refractivity contribution in [3.63, 3.8) is 0 Å². The summed E-state index contributed by atoms with van der Waals surface area (Å²) in [7, 11) is 0. The van der Waals surface area contributed by atoms with E-state index in [9.17, 15) is 4.39 Å². The largest absolute Gasteiger partial charge is 0.375 e. The Morgan fingerprint density at radius 2 is 2.17 bits per heavy atom. The predicted molar refractivity (Wildman–Crippen MR) is 68.5 cm³/mol. The molecule has 1 aromatic rings. The Labute approximate surface area is 108 Å². The van der Waals surface area contributed by atoms with Gasteiger partial charge in [-0.2, -0.15) is 5.26 Å². The fourth-order valence-corrected chi connectivity index (χ4v) is 1.74. The molecule has 0 aromatic heterocycles. The lowest BCUT2D eigenvalue weighted by molar-refractivity contribution is -0.00901. The van der Waals surface area contributed by atoms with Crippen molar-refractivity contribution in [1.82, 2.24) is 5.32 Å². The summed E-state index contributed by atoms with van der Waals surface area (Å²) >= 11 is 0. The Hall–Kier alpha value is -1.44. The maximum atomic E-state index is 13.7. The summed E-state index contributed by atoms with van der Waals surface area (Å²) in [5, 5.41) is 11.9. The third-order valence-electron chi connectivity index (χ3n) is 2.60. The van der Waals surface area contributed by atoms with E-state index in [0.717, 1.165) is 0 Å². The maximum absolute atomic E-state index is 13.7. The number of nitriles is 1. The first-order chi connectivity index (χ1) is 8.50. The topological polar surface area (TPSA) is 45.0 Å². The van der Waals surface area contributed by atoms with Gasteiger partial charge in [0.05, 0.1) is 11.2 Å². The number of nitrogens with one attached hydrogen (secondary N) is 1. The summed E-state index contributed by atoms with van der Waals surface area (Å²) in [5.41, 5.74) is 0.303. The molecule has 1 N–H and O–H groups in total. The van der Waals surface area contributed by atoms with Gasteiger partial charge < -0.3 is 10.1 Å². The summed E-state index contributed by atoms with van der Waals surface area (Å²) in [4.78, 5) is 0. The van der Waals surface area contributed by atoms with Crippen LogP contribution in [0.25, 0.3) is 0 Å². The number of benzene rings is 1. The second kappa shape index (κ2) is 6.48. The van der Waals surface area contributed by atoms with Crippen LogP contribution in [-0.2, 0) is 11.3 Å². The van der Waals surface area contributed by atoms with E-state index in [-0.39, 0.29) is 11.2 Å². The van der Waals surface area contributed by atoms with Gasteiger partial charge in [-0.25, -0.2) is 4.39 Å². The quantitative estimate of drug-likeness (QED) is 0.844. The van der Waals surface area contributed by atoms with Crippen molar-refractivity contribution in [1.29, 1.82) is 5.26 Å². The first-order valence-electron chi connectivity index (χ1n) is 6.02. The molecule has 0 saturated heterocycles. The highest BCUT2D eigenvalue weighted by Gasteiger charge is 2.17. The molecule has 0 saturated carbocycles. The Balaban J connectivity index is 2.57. The van der Waals surface area contributed by atoms with Gasteiger partial charge in [-0.05, 0) is 26.8 Å². The van der Waals surface area contributed by atoms with Crippen LogP contribution in [0.3, 0.4) is 0 Å². The molecule has 0 amide bonds. The van der Waals surface area contributed by atoms with Crippen LogP contribution in [0.2, 0.25) is 0 Å². The van der Waals surface area contributed by atoms with Crippen LogP contribution in [-0.4, -0.2) is 18.8 Å². The van der Waals surface area contributed by atoms with Crippen LogP contribution in [0.5, 0.6) is 0 Å². The number of hydrogen-bond acceptors (Lipinski definition) is 3. The van der Waals surface area contributed by atoms with Crippen molar-refractivity contribution in [3.05, 3.63) is 35.1 Å². The van der Waals surface area contributed by atoms with E-state index in [1.807, 2.05) is 26.8 Å². The lowest BCUT2D eigenvalue weighted by Gasteiger charge is -2.25. The molecule has 0 aliphatic carbocycles. The van der Waals surface area contributed by atoms with Gasteiger partial charge in [-0.1, -0.05) is 12.1 Å². The number of hydrogen-bond donors (Lipinski definition) is 1. The van der Waals surface area contributed by atoms with Gasteiger partial charge >= 0.3 is 0 Å². The van der Waals surface area contributed by atoms with E-state index in [0.29, 0.717) is 25.3 Å². The van der Waals surface area contributed by atoms with Crippen molar-refractivity contribution >= 4 is 0 Å². The van der Waals surface area contributed by atoms with E-state index in [2.05, 4.69) is 5.32 Å². The molecule has 0 bridgehead atoms. The van der Waals surface area contributed by atoms with Gasteiger partial charge in [-0.3, -0.25) is 0 Å². The standard InChI is InChI=1S/C14H19FN2O/c1-4-18-14(2,3)10-17-9-12-7-5-6-11(8-16)13(12)15/h5-7,17H,4,9-10H2,1-3H3. The fourth-order valence-electron chi connectivity index (χ4n) is 1.74. The lowest BCUT2D eigenvalue weighted by atomic mass is 10.1. The summed E-state index contributed by atoms with van der Waals surface area (Å²) in [6.45, 7) is 7.55. The van der Waals surface area contributed by atoms with E-state index in [4.69, 9.17) is 10.00 Å². The fraction of sp³-hybridized carbons (Fsp3) is 0.500. The number of nitrogens with zero attached hydrogens (tertiary/aromatic N) is 1. The Morgan fingerprint density at radius 3 is 2.78 bits per heavy atom. The van der Waals surface area contributed by atoms with Gasteiger partial charge in [0.15, 0.2) is 0 Å². The van der Waals surface area contributed by atoms with Gasteiger partial charge in [0.2, 0.25) is 0 Å². The van der Waals surface area contributed by atoms with Crippen LogP contribution < -0.4 is 5.32 Å². The van der Waals surface area contributed by atoms with Gasteiger partial charge in [-0.15, -0.1) is 0 Å². The third kappa shape index (κ3) is 4.10. The highest BCUT2D eigenvalue weighted by molar-refractivity contribution is 5.34. The molecule has 0 heterocycles. The second-order valence-electron chi connectivity index (χ2n) is 4.69. The molecule has 98 valence electrons.